The van der Waals surface area contributed by atoms with Crippen LogP contribution in [0.25, 0.3) is 11.0 Å². The van der Waals surface area contributed by atoms with Gasteiger partial charge in [-0.3, -0.25) is 9.36 Å². The molecule has 4 aliphatic heterocycles. The van der Waals surface area contributed by atoms with Gasteiger partial charge in [0, 0.05) is 64.0 Å². The fourth-order valence-electron chi connectivity index (χ4n) is 6.43. The number of aryl methyl sites for hydroxylation is 1. The number of pyridine rings is 1. The van der Waals surface area contributed by atoms with Crippen LogP contribution in [0.2, 0.25) is 0 Å². The second-order valence-corrected chi connectivity index (χ2v) is 14.6. The van der Waals surface area contributed by atoms with E-state index in [0.717, 1.165) is 19.4 Å². The highest BCUT2D eigenvalue weighted by molar-refractivity contribution is 7.91. The van der Waals surface area contributed by atoms with Crippen LogP contribution < -0.4 is 15.8 Å². The van der Waals surface area contributed by atoms with Crippen LogP contribution in [0.4, 0.5) is 20.3 Å². The molecule has 2 fully saturated rings. The molecule has 238 valence electrons. The van der Waals surface area contributed by atoms with Gasteiger partial charge in [-0.05, 0) is 56.3 Å². The summed E-state index contributed by atoms with van der Waals surface area (Å²) in [5, 5.41) is 3.97. The van der Waals surface area contributed by atoms with Crippen molar-refractivity contribution in [3.8, 4) is 0 Å². The number of rotatable bonds is 1. The smallest absolute Gasteiger partial charge is 0.275 e. The largest absolute Gasteiger partial charge is 0.381 e. The Morgan fingerprint density at radius 3 is 2.57 bits per heavy atom. The third-order valence-corrected chi connectivity index (χ3v) is 10.6. The second kappa shape index (κ2) is 12.7. The maximum absolute atomic E-state index is 15.4. The van der Waals surface area contributed by atoms with Gasteiger partial charge in [-0.15, -0.1) is 0 Å². The predicted octanol–water partition coefficient (Wildman–Crippen LogP) is 3.81. The molecule has 0 aliphatic carbocycles. The average molecular weight is 631 g/mol. The summed E-state index contributed by atoms with van der Waals surface area (Å²) in [6, 6.07) is 7.90. The molecule has 4 aliphatic rings. The number of alkyl halides is 2. The molecule has 0 saturated carbocycles. The summed E-state index contributed by atoms with van der Waals surface area (Å²) in [7, 11) is -3.15. The van der Waals surface area contributed by atoms with Crippen molar-refractivity contribution in [3.05, 3.63) is 58.1 Å². The van der Waals surface area contributed by atoms with Gasteiger partial charge >= 0.3 is 0 Å². The molecule has 2 aromatic heterocycles. The number of hydrogen-bond acceptors (Lipinski definition) is 9. The number of ether oxygens (including phenoxy) is 1. The van der Waals surface area contributed by atoms with Crippen LogP contribution in [0.3, 0.4) is 0 Å². The summed E-state index contributed by atoms with van der Waals surface area (Å²) in [6.07, 6.45) is 3.63. The number of fused-ring (bicyclic) bond motifs is 9. The molecule has 1 atom stereocenters. The molecule has 8 bridgehead atoms. The van der Waals surface area contributed by atoms with Crippen LogP contribution in [-0.2, 0) is 27.0 Å². The van der Waals surface area contributed by atoms with Crippen molar-refractivity contribution in [3.63, 3.8) is 0 Å². The maximum atomic E-state index is 15.4. The zero-order valence-electron chi connectivity index (χ0n) is 25.1. The van der Waals surface area contributed by atoms with E-state index >= 15 is 8.78 Å². The van der Waals surface area contributed by atoms with Crippen LogP contribution in [0.1, 0.15) is 49.8 Å². The minimum absolute atomic E-state index is 0.00473. The summed E-state index contributed by atoms with van der Waals surface area (Å²) in [4.78, 5) is 26.8. The summed E-state index contributed by atoms with van der Waals surface area (Å²) >= 11 is 0. The lowest BCUT2D eigenvalue weighted by atomic mass is 9.89. The molecule has 44 heavy (non-hydrogen) atoms. The van der Waals surface area contributed by atoms with Gasteiger partial charge < -0.3 is 19.9 Å². The lowest BCUT2D eigenvalue weighted by molar-refractivity contribution is -0.0570. The van der Waals surface area contributed by atoms with E-state index in [1.54, 1.807) is 22.8 Å². The van der Waals surface area contributed by atoms with Crippen molar-refractivity contribution in [2.45, 2.75) is 51.1 Å². The van der Waals surface area contributed by atoms with Gasteiger partial charge in [-0.1, -0.05) is 18.2 Å². The Bertz CT molecular complexity index is 1650. The first-order valence-corrected chi connectivity index (χ1v) is 17.3. The van der Waals surface area contributed by atoms with Crippen molar-refractivity contribution < 1.29 is 21.9 Å². The van der Waals surface area contributed by atoms with Crippen molar-refractivity contribution in [2.24, 2.45) is 5.92 Å². The number of halogens is 2. The number of nitrogens with one attached hydrogen (secondary N) is 1. The third kappa shape index (κ3) is 6.74. The van der Waals surface area contributed by atoms with E-state index in [0.29, 0.717) is 67.4 Å². The van der Waals surface area contributed by atoms with E-state index in [1.165, 1.54) is 12.4 Å². The van der Waals surface area contributed by atoms with Gasteiger partial charge in [0.25, 0.3) is 11.5 Å². The number of hydrogen-bond donors (Lipinski definition) is 1. The van der Waals surface area contributed by atoms with Gasteiger partial charge in [-0.25, -0.2) is 27.2 Å². The average Bonchev–Trinajstić information content (AvgIpc) is 2.97. The minimum atomic E-state index is -3.15. The summed E-state index contributed by atoms with van der Waals surface area (Å²) in [6.45, 7) is 6.03. The highest BCUT2D eigenvalue weighted by Crippen LogP contribution is 2.39. The molecule has 3 aromatic rings. The van der Waals surface area contributed by atoms with Gasteiger partial charge in [-0.2, -0.15) is 0 Å². The van der Waals surface area contributed by atoms with Gasteiger partial charge in [0.1, 0.15) is 23.5 Å². The molecule has 0 amide bonds. The van der Waals surface area contributed by atoms with Crippen LogP contribution >= 0.6 is 0 Å². The molecule has 7 rings (SSSR count). The highest BCUT2D eigenvalue weighted by atomic mass is 32.2. The van der Waals surface area contributed by atoms with Gasteiger partial charge in [0.15, 0.2) is 9.84 Å². The van der Waals surface area contributed by atoms with E-state index in [2.05, 4.69) is 20.2 Å². The minimum Gasteiger partial charge on any atom is -0.381 e. The normalized spacial score (nSPS) is 26.2. The lowest BCUT2D eigenvalue weighted by Gasteiger charge is -2.41. The van der Waals surface area contributed by atoms with Crippen molar-refractivity contribution >= 4 is 32.4 Å². The Morgan fingerprint density at radius 2 is 1.77 bits per heavy atom. The molecule has 10 nitrogen and oxygen atoms in total. The predicted molar refractivity (Wildman–Crippen MR) is 166 cm³/mol. The fraction of sp³-hybridized carbons (Fsp3) is 0.581. The Labute approximate surface area is 256 Å². The molecule has 2 saturated heterocycles. The first-order valence-electron chi connectivity index (χ1n) is 15.5. The molecule has 0 radical (unpaired) electrons. The second-order valence-electron chi connectivity index (χ2n) is 12.3. The maximum Gasteiger partial charge on any atom is 0.275 e. The monoisotopic (exact) mass is 630 g/mol. The van der Waals surface area contributed by atoms with Gasteiger partial charge in [0.05, 0.1) is 16.9 Å². The standard InChI is InChI=1S/C31H40F2N6O4S/c1-22-24-6-4-7-25(16-24)31(32,33)18-23-19-37(20-23)8-2-3-12-43-13-5-9-39-29-26(28(36-22)34-21-35-29)17-27(30(39)40)38-10-14-44(41,42)15-11-38/h4,6-7,16-17,21-23H,2-3,5,8-15,18-20H2,1H3,(H,34,35,36)/t22-/m0/s1. The van der Waals surface area contributed by atoms with Gasteiger partial charge in [0.2, 0.25) is 0 Å². The molecule has 1 N–H and O–H groups in total. The van der Waals surface area contributed by atoms with Crippen LogP contribution in [0.15, 0.2) is 41.5 Å². The summed E-state index contributed by atoms with van der Waals surface area (Å²) < 4.78 is 62.6. The molecular weight excluding hydrogens is 590 g/mol. The SMILES string of the molecule is C[C@@H]1Nc2ncnc3c2cc(N2CCS(=O)(=O)CC2)c(=O)n3CCCOCCCCN2CC(C2)CC(F)(F)c2cccc1c2. The van der Waals surface area contributed by atoms with E-state index < -0.39 is 15.8 Å². The fourth-order valence-corrected chi connectivity index (χ4v) is 7.63. The topological polar surface area (TPSA) is 110 Å². The summed E-state index contributed by atoms with van der Waals surface area (Å²) in [5.41, 5.74) is 1.29. The number of benzene rings is 1. The molecule has 0 spiro atoms. The van der Waals surface area contributed by atoms with Crippen molar-refractivity contribution in [1.29, 1.82) is 0 Å². The molecular formula is C31H40F2N6O4S. The molecule has 1 aromatic carbocycles. The van der Waals surface area contributed by atoms with E-state index in [9.17, 15) is 13.2 Å². The number of sulfone groups is 1. The lowest BCUT2D eigenvalue weighted by Crippen LogP contribution is -2.48. The molecule has 13 heteroatoms. The van der Waals surface area contributed by atoms with Crippen LogP contribution in [0, 0.1) is 5.92 Å². The first kappa shape index (κ1) is 30.8. The highest BCUT2D eigenvalue weighted by Gasteiger charge is 2.39. The van der Waals surface area contributed by atoms with E-state index in [1.807, 2.05) is 17.9 Å². The Hall–Kier alpha value is -3.16. The Morgan fingerprint density at radius 1 is 1.00 bits per heavy atom. The summed E-state index contributed by atoms with van der Waals surface area (Å²) in [5.74, 6) is -2.55. The molecule has 0 unspecified atom stereocenters. The van der Waals surface area contributed by atoms with Crippen molar-refractivity contribution in [1.82, 2.24) is 19.4 Å². The Kier molecular flexibility index (Phi) is 8.89. The quantitative estimate of drug-likeness (QED) is 0.429. The van der Waals surface area contributed by atoms with Crippen molar-refractivity contribution in [2.75, 3.05) is 67.7 Å². The number of nitrogens with zero attached hydrogens (tertiary/aromatic N) is 5. The first-order chi connectivity index (χ1) is 21.1. The third-order valence-electron chi connectivity index (χ3n) is 8.97. The molecule has 6 heterocycles. The van der Waals surface area contributed by atoms with E-state index in [4.69, 9.17) is 4.74 Å². The zero-order valence-corrected chi connectivity index (χ0v) is 25.9. The zero-order chi connectivity index (χ0) is 30.9. The number of aromatic nitrogens is 3. The van der Waals surface area contributed by atoms with Crippen LogP contribution in [-0.4, -0.2) is 85.3 Å². The Balaban J connectivity index is 1.36. The van der Waals surface area contributed by atoms with Crippen LogP contribution in [0.5, 0.6) is 0 Å². The van der Waals surface area contributed by atoms with E-state index in [-0.39, 0.29) is 54.1 Å². The number of anilines is 2.